The van der Waals surface area contributed by atoms with Gasteiger partial charge in [0.1, 0.15) is 5.54 Å². The van der Waals surface area contributed by atoms with Gasteiger partial charge in [0.25, 0.3) is 0 Å². The number of aliphatic carboxylic acids is 1. The zero-order valence-electron chi connectivity index (χ0n) is 7.77. The molecule has 0 aromatic heterocycles. The highest BCUT2D eigenvalue weighted by Crippen LogP contribution is 2.27. The molecule has 0 heterocycles. The second kappa shape index (κ2) is 3.75. The third-order valence-electron chi connectivity index (χ3n) is 2.08. The summed E-state index contributed by atoms with van der Waals surface area (Å²) in [6.45, 7) is 1.16. The fraction of sp³-hybridized carbons (Fsp3) is 0.300. The molecule has 1 aromatic rings. The Morgan fingerprint density at radius 3 is 2.43 bits per heavy atom. The van der Waals surface area contributed by atoms with Gasteiger partial charge in [0, 0.05) is 0 Å². The van der Waals surface area contributed by atoms with Crippen molar-refractivity contribution < 1.29 is 14.3 Å². The number of carbonyl (C=O) groups is 1. The van der Waals surface area contributed by atoms with E-state index in [1.807, 2.05) is 0 Å². The van der Waals surface area contributed by atoms with Gasteiger partial charge in [0.15, 0.2) is 6.17 Å². The van der Waals surface area contributed by atoms with Crippen molar-refractivity contribution in [1.82, 2.24) is 0 Å². The molecule has 2 atom stereocenters. The maximum atomic E-state index is 13.7. The molecule has 14 heavy (non-hydrogen) atoms. The molecule has 1 aromatic carbocycles. The van der Waals surface area contributed by atoms with Crippen LogP contribution in [0.3, 0.4) is 0 Å². The van der Waals surface area contributed by atoms with Crippen molar-refractivity contribution >= 4 is 5.97 Å². The summed E-state index contributed by atoms with van der Waals surface area (Å²) in [5.41, 5.74) is 3.75. The third kappa shape index (κ3) is 1.90. The van der Waals surface area contributed by atoms with Crippen molar-refractivity contribution in [2.75, 3.05) is 0 Å². The van der Waals surface area contributed by atoms with Crippen LogP contribution in [0.5, 0.6) is 0 Å². The van der Waals surface area contributed by atoms with Gasteiger partial charge < -0.3 is 10.8 Å². The van der Waals surface area contributed by atoms with E-state index in [4.69, 9.17) is 10.8 Å². The highest BCUT2D eigenvalue weighted by molar-refractivity contribution is 5.79. The lowest BCUT2D eigenvalue weighted by molar-refractivity contribution is -0.145. The average molecular weight is 197 g/mol. The van der Waals surface area contributed by atoms with Crippen LogP contribution < -0.4 is 5.73 Å². The number of hydrogen-bond donors (Lipinski definition) is 2. The minimum atomic E-state index is -1.89. The lowest BCUT2D eigenvalue weighted by atomic mass is 9.92. The van der Waals surface area contributed by atoms with E-state index in [-0.39, 0.29) is 5.56 Å². The second-order valence-corrected chi connectivity index (χ2v) is 3.36. The van der Waals surface area contributed by atoms with Gasteiger partial charge in [-0.3, -0.25) is 4.79 Å². The Labute approximate surface area is 81.4 Å². The Bertz CT molecular complexity index is 324. The molecule has 76 valence electrons. The topological polar surface area (TPSA) is 63.3 Å². The van der Waals surface area contributed by atoms with Gasteiger partial charge in [-0.1, -0.05) is 30.3 Å². The summed E-state index contributed by atoms with van der Waals surface area (Å²) < 4.78 is 13.7. The molecule has 0 radical (unpaired) electrons. The minimum Gasteiger partial charge on any atom is -0.480 e. The first-order chi connectivity index (χ1) is 6.46. The van der Waals surface area contributed by atoms with Gasteiger partial charge in [0.05, 0.1) is 0 Å². The van der Waals surface area contributed by atoms with Crippen molar-refractivity contribution in [3.05, 3.63) is 35.9 Å². The Hall–Kier alpha value is -1.42. The van der Waals surface area contributed by atoms with Crippen LogP contribution in [0.1, 0.15) is 18.7 Å². The van der Waals surface area contributed by atoms with Crippen LogP contribution >= 0.6 is 0 Å². The van der Waals surface area contributed by atoms with E-state index in [1.54, 1.807) is 18.2 Å². The van der Waals surface area contributed by atoms with Crippen molar-refractivity contribution in [2.24, 2.45) is 5.73 Å². The fourth-order valence-electron chi connectivity index (χ4n) is 1.08. The second-order valence-electron chi connectivity index (χ2n) is 3.36. The third-order valence-corrected chi connectivity index (χ3v) is 2.08. The summed E-state index contributed by atoms with van der Waals surface area (Å²) in [7, 11) is 0. The summed E-state index contributed by atoms with van der Waals surface area (Å²) in [5.74, 6) is -1.35. The molecule has 0 saturated heterocycles. The largest absolute Gasteiger partial charge is 0.480 e. The molecule has 0 fully saturated rings. The molecule has 3 nitrogen and oxygen atoms in total. The van der Waals surface area contributed by atoms with Gasteiger partial charge in [-0.15, -0.1) is 0 Å². The van der Waals surface area contributed by atoms with Crippen molar-refractivity contribution in [3.63, 3.8) is 0 Å². The Balaban J connectivity index is 2.96. The summed E-state index contributed by atoms with van der Waals surface area (Å²) in [5, 5.41) is 8.71. The number of alkyl halides is 1. The standard InChI is InChI=1S/C10H12FNO2/c1-10(12,9(13)14)8(11)7-5-3-2-4-6-7/h2-6,8H,12H2,1H3,(H,13,14). The Morgan fingerprint density at radius 1 is 1.50 bits per heavy atom. The summed E-state index contributed by atoms with van der Waals surface area (Å²) >= 11 is 0. The summed E-state index contributed by atoms with van der Waals surface area (Å²) in [6, 6.07) is 8.03. The number of carboxylic acid groups (broad SMARTS) is 1. The normalized spacial score (nSPS) is 17.1. The minimum absolute atomic E-state index is 0.278. The number of carboxylic acids is 1. The molecule has 0 saturated carbocycles. The molecule has 2 unspecified atom stereocenters. The first kappa shape index (κ1) is 10.7. The number of nitrogens with two attached hydrogens (primary N) is 1. The molecule has 0 aliphatic heterocycles. The van der Waals surface area contributed by atoms with Crippen molar-refractivity contribution in [1.29, 1.82) is 0 Å². The number of rotatable bonds is 3. The summed E-state index contributed by atoms with van der Waals surface area (Å²) in [4.78, 5) is 10.7. The molecule has 0 amide bonds. The first-order valence-electron chi connectivity index (χ1n) is 4.17. The van der Waals surface area contributed by atoms with Gasteiger partial charge in [-0.2, -0.15) is 0 Å². The number of benzene rings is 1. The maximum Gasteiger partial charge on any atom is 0.326 e. The van der Waals surface area contributed by atoms with Crippen LogP contribution in [0.15, 0.2) is 30.3 Å². The molecular weight excluding hydrogens is 185 g/mol. The average Bonchev–Trinajstić information content (AvgIpc) is 2.17. The highest BCUT2D eigenvalue weighted by Gasteiger charge is 2.38. The monoisotopic (exact) mass is 197 g/mol. The van der Waals surface area contributed by atoms with E-state index in [0.29, 0.717) is 0 Å². The predicted octanol–water partition coefficient (Wildman–Crippen LogP) is 1.50. The van der Waals surface area contributed by atoms with Crippen LogP contribution in [0.25, 0.3) is 0 Å². The SMILES string of the molecule is CC(N)(C(=O)O)C(F)c1ccccc1. The van der Waals surface area contributed by atoms with E-state index < -0.39 is 17.7 Å². The van der Waals surface area contributed by atoms with E-state index in [1.165, 1.54) is 12.1 Å². The molecule has 4 heteroatoms. The molecule has 0 spiro atoms. The number of halogens is 1. The molecule has 1 rings (SSSR count). The maximum absolute atomic E-state index is 13.7. The fourth-order valence-corrected chi connectivity index (χ4v) is 1.08. The van der Waals surface area contributed by atoms with Crippen LogP contribution in [-0.2, 0) is 4.79 Å². The van der Waals surface area contributed by atoms with Gasteiger partial charge in [0.2, 0.25) is 0 Å². The van der Waals surface area contributed by atoms with E-state index in [9.17, 15) is 9.18 Å². The van der Waals surface area contributed by atoms with E-state index in [0.717, 1.165) is 6.92 Å². The highest BCUT2D eigenvalue weighted by atomic mass is 19.1. The molecule has 0 aliphatic rings. The molecular formula is C10H12FNO2. The smallest absolute Gasteiger partial charge is 0.326 e. The predicted molar refractivity (Wildman–Crippen MR) is 50.5 cm³/mol. The molecule has 0 bridgehead atoms. The van der Waals surface area contributed by atoms with E-state index >= 15 is 0 Å². The van der Waals surface area contributed by atoms with Gasteiger partial charge in [-0.25, -0.2) is 4.39 Å². The van der Waals surface area contributed by atoms with Crippen LogP contribution in [0, 0.1) is 0 Å². The molecule has 3 N–H and O–H groups in total. The van der Waals surface area contributed by atoms with Gasteiger partial charge in [-0.05, 0) is 12.5 Å². The van der Waals surface area contributed by atoms with Crippen molar-refractivity contribution in [2.45, 2.75) is 18.6 Å². The van der Waals surface area contributed by atoms with Crippen LogP contribution in [0.4, 0.5) is 4.39 Å². The van der Waals surface area contributed by atoms with Crippen molar-refractivity contribution in [3.8, 4) is 0 Å². The quantitative estimate of drug-likeness (QED) is 0.771. The Kier molecular flexibility index (Phi) is 2.86. The molecule has 0 aliphatic carbocycles. The Morgan fingerprint density at radius 2 is 2.00 bits per heavy atom. The zero-order valence-corrected chi connectivity index (χ0v) is 7.77. The number of hydrogen-bond acceptors (Lipinski definition) is 2. The van der Waals surface area contributed by atoms with Crippen LogP contribution in [-0.4, -0.2) is 16.6 Å². The zero-order chi connectivity index (χ0) is 10.8. The van der Waals surface area contributed by atoms with Gasteiger partial charge >= 0.3 is 5.97 Å². The van der Waals surface area contributed by atoms with E-state index in [2.05, 4.69) is 0 Å². The first-order valence-corrected chi connectivity index (χ1v) is 4.17. The summed E-state index contributed by atoms with van der Waals surface area (Å²) in [6.07, 6.45) is -1.71. The lowest BCUT2D eigenvalue weighted by Gasteiger charge is -2.23. The lowest BCUT2D eigenvalue weighted by Crippen LogP contribution is -2.48. The van der Waals surface area contributed by atoms with Crippen LogP contribution in [0.2, 0.25) is 0 Å².